The lowest BCUT2D eigenvalue weighted by atomic mass is 9.47. The first-order chi connectivity index (χ1) is 21.0. The maximum Gasteiger partial charge on any atom is 0.244 e. The summed E-state index contributed by atoms with van der Waals surface area (Å²) in [6.07, 6.45) is 1.76. The maximum absolute atomic E-state index is 14.4. The van der Waals surface area contributed by atoms with Crippen molar-refractivity contribution in [1.29, 1.82) is 0 Å². The van der Waals surface area contributed by atoms with Gasteiger partial charge in [-0.2, -0.15) is 5.10 Å². The van der Waals surface area contributed by atoms with Crippen molar-refractivity contribution in [3.05, 3.63) is 124 Å². The Morgan fingerprint density at radius 1 is 0.907 bits per heavy atom. The zero-order valence-electron chi connectivity index (χ0n) is 23.3. The van der Waals surface area contributed by atoms with Gasteiger partial charge in [-0.3, -0.25) is 14.4 Å². The molecule has 43 heavy (non-hydrogen) atoms. The van der Waals surface area contributed by atoms with Crippen molar-refractivity contribution >= 4 is 29.6 Å². The number of benzene rings is 4. The van der Waals surface area contributed by atoms with E-state index in [1.165, 1.54) is 4.90 Å². The molecule has 0 radical (unpaired) electrons. The third-order valence-corrected chi connectivity index (χ3v) is 9.24. The first-order valence-electron chi connectivity index (χ1n) is 14.3. The van der Waals surface area contributed by atoms with Crippen molar-refractivity contribution < 1.29 is 23.9 Å². The van der Waals surface area contributed by atoms with Crippen LogP contribution in [0.5, 0.6) is 11.5 Å². The van der Waals surface area contributed by atoms with E-state index < -0.39 is 17.3 Å². The molecule has 3 aliphatic carbocycles. The molecule has 4 aromatic rings. The summed E-state index contributed by atoms with van der Waals surface area (Å²) in [5, 5.41) is 4.50. The summed E-state index contributed by atoms with van der Waals surface area (Å²) in [4.78, 5) is 43.0. The van der Waals surface area contributed by atoms with Crippen LogP contribution in [-0.4, -0.2) is 30.7 Å². The number of hydrogen-bond donors (Lipinski definition) is 1. The normalized spacial score (nSPS) is 24.2. The van der Waals surface area contributed by atoms with Crippen LogP contribution >= 0.6 is 0 Å². The van der Waals surface area contributed by atoms with E-state index in [0.29, 0.717) is 17.2 Å². The number of amides is 3. The summed E-state index contributed by atoms with van der Waals surface area (Å²) in [7, 11) is 0. The predicted octanol–water partition coefficient (Wildman–Crippen LogP) is 4.62. The molecule has 9 rings (SSSR count). The standard InChI is InChI=1S/C35H27N3O5/c1-20-10-13-22(14-11-20)38-33(40)31-30-23-6-2-4-8-25(23)35(32(31)34(38)41,26-9-5-3-7-24(26)30)18-36-37-29(39)17-21-12-15-27-28(16-21)43-19-42-27/h2-16,18,30-32H,17,19H2,1H3,(H,37,39)/b36-18-/t30?,31-,32-,35?/m0/s1. The molecule has 2 aliphatic heterocycles. The van der Waals surface area contributed by atoms with Gasteiger partial charge in [0.2, 0.25) is 24.5 Å². The summed E-state index contributed by atoms with van der Waals surface area (Å²) in [5.41, 5.74) is 7.88. The molecule has 0 unspecified atom stereocenters. The molecular weight excluding hydrogens is 542 g/mol. The predicted molar refractivity (Wildman–Crippen MR) is 159 cm³/mol. The summed E-state index contributed by atoms with van der Waals surface area (Å²) in [6, 6.07) is 28.8. The van der Waals surface area contributed by atoms with Gasteiger partial charge >= 0.3 is 0 Å². The van der Waals surface area contributed by atoms with Gasteiger partial charge in [-0.1, -0.05) is 72.3 Å². The number of hydrogen-bond acceptors (Lipinski definition) is 6. The van der Waals surface area contributed by atoms with Crippen molar-refractivity contribution in [1.82, 2.24) is 5.43 Å². The van der Waals surface area contributed by atoms with E-state index in [0.717, 1.165) is 33.4 Å². The molecule has 1 saturated heterocycles. The number of nitrogens with zero attached hydrogens (tertiary/aromatic N) is 2. The van der Waals surface area contributed by atoms with Crippen LogP contribution in [0.2, 0.25) is 0 Å². The lowest BCUT2D eigenvalue weighted by Crippen LogP contribution is -2.54. The second kappa shape index (κ2) is 9.39. The number of aryl methyl sites for hydroxylation is 1. The second-order valence-corrected chi connectivity index (χ2v) is 11.5. The van der Waals surface area contributed by atoms with Crippen molar-refractivity contribution in [3.63, 3.8) is 0 Å². The number of carbonyl (C=O) groups is 3. The lowest BCUT2D eigenvalue weighted by Gasteiger charge is -2.52. The van der Waals surface area contributed by atoms with Crippen LogP contribution in [0.1, 0.15) is 39.3 Å². The Kier molecular flexibility index (Phi) is 5.56. The van der Waals surface area contributed by atoms with Crippen molar-refractivity contribution in [2.45, 2.75) is 24.7 Å². The molecule has 0 spiro atoms. The average Bonchev–Trinajstić information content (AvgIpc) is 3.60. The van der Waals surface area contributed by atoms with Crippen LogP contribution in [0.4, 0.5) is 5.69 Å². The molecule has 0 saturated carbocycles. The van der Waals surface area contributed by atoms with Crippen LogP contribution in [0.25, 0.3) is 0 Å². The number of imide groups is 1. The van der Waals surface area contributed by atoms with Gasteiger partial charge in [0.05, 0.1) is 29.4 Å². The fourth-order valence-electron chi connectivity index (χ4n) is 7.48. The molecule has 5 aliphatic rings. The van der Waals surface area contributed by atoms with Crippen LogP contribution < -0.4 is 19.8 Å². The van der Waals surface area contributed by atoms with Gasteiger partial charge in [-0.25, -0.2) is 10.3 Å². The fraction of sp³-hybridized carbons (Fsp3) is 0.200. The van der Waals surface area contributed by atoms with Crippen molar-refractivity contribution in [3.8, 4) is 11.5 Å². The number of anilines is 1. The van der Waals surface area contributed by atoms with E-state index in [-0.39, 0.29) is 36.9 Å². The number of hydrazone groups is 1. The zero-order valence-corrected chi connectivity index (χ0v) is 23.3. The third kappa shape index (κ3) is 3.62. The Hall–Kier alpha value is -5.24. The molecule has 1 N–H and O–H groups in total. The quantitative estimate of drug-likeness (QED) is 0.215. The molecule has 3 amide bonds. The molecule has 212 valence electrons. The Labute approximate surface area is 247 Å². The zero-order chi connectivity index (χ0) is 29.3. The van der Waals surface area contributed by atoms with E-state index in [1.54, 1.807) is 18.3 Å². The highest BCUT2D eigenvalue weighted by molar-refractivity contribution is 6.25. The van der Waals surface area contributed by atoms with Gasteiger partial charge in [0.15, 0.2) is 11.5 Å². The minimum atomic E-state index is -1.05. The molecule has 2 heterocycles. The van der Waals surface area contributed by atoms with Crippen molar-refractivity contribution in [2.24, 2.45) is 16.9 Å². The number of carbonyl (C=O) groups excluding carboxylic acids is 3. The highest BCUT2D eigenvalue weighted by atomic mass is 16.7. The Bertz CT molecular complexity index is 1820. The van der Waals surface area contributed by atoms with Gasteiger partial charge in [-0.15, -0.1) is 0 Å². The van der Waals surface area contributed by atoms with E-state index >= 15 is 0 Å². The summed E-state index contributed by atoms with van der Waals surface area (Å²) < 4.78 is 10.8. The Morgan fingerprint density at radius 3 is 2.30 bits per heavy atom. The minimum absolute atomic E-state index is 0.0842. The van der Waals surface area contributed by atoms with Gasteiger partial charge in [0.1, 0.15) is 0 Å². The smallest absolute Gasteiger partial charge is 0.244 e. The molecule has 0 aromatic heterocycles. The number of nitrogens with one attached hydrogen (secondary N) is 1. The molecule has 1 fully saturated rings. The number of ether oxygens (including phenoxy) is 2. The molecule has 8 nitrogen and oxygen atoms in total. The Balaban J connectivity index is 1.21. The van der Waals surface area contributed by atoms with Gasteiger partial charge in [0.25, 0.3) is 0 Å². The monoisotopic (exact) mass is 569 g/mol. The first-order valence-corrected chi connectivity index (χ1v) is 14.3. The fourth-order valence-corrected chi connectivity index (χ4v) is 7.48. The first kappa shape index (κ1) is 25.5. The average molecular weight is 570 g/mol. The van der Waals surface area contributed by atoms with Crippen LogP contribution in [0.3, 0.4) is 0 Å². The topological polar surface area (TPSA) is 97.3 Å². The highest BCUT2D eigenvalue weighted by Crippen LogP contribution is 2.63. The molecule has 2 bridgehead atoms. The summed E-state index contributed by atoms with van der Waals surface area (Å²) in [5.74, 6) is -1.11. The maximum atomic E-state index is 14.4. The summed E-state index contributed by atoms with van der Waals surface area (Å²) in [6.45, 7) is 2.13. The minimum Gasteiger partial charge on any atom is -0.454 e. The second-order valence-electron chi connectivity index (χ2n) is 11.5. The van der Waals surface area contributed by atoms with Gasteiger partial charge in [0, 0.05) is 12.1 Å². The van der Waals surface area contributed by atoms with Gasteiger partial charge < -0.3 is 9.47 Å². The number of fused-ring (bicyclic) bond motifs is 1. The van der Waals surface area contributed by atoms with Crippen LogP contribution in [0.15, 0.2) is 96.1 Å². The van der Waals surface area contributed by atoms with E-state index in [9.17, 15) is 14.4 Å². The van der Waals surface area contributed by atoms with Gasteiger partial charge in [-0.05, 0) is 59.0 Å². The number of rotatable bonds is 5. The molecule has 8 heteroatoms. The molecule has 4 aromatic carbocycles. The highest BCUT2D eigenvalue weighted by Gasteiger charge is 2.68. The van der Waals surface area contributed by atoms with Crippen LogP contribution in [-0.2, 0) is 26.2 Å². The Morgan fingerprint density at radius 2 is 1.58 bits per heavy atom. The van der Waals surface area contributed by atoms with E-state index in [2.05, 4.69) is 10.5 Å². The van der Waals surface area contributed by atoms with Crippen molar-refractivity contribution in [2.75, 3.05) is 11.7 Å². The largest absolute Gasteiger partial charge is 0.454 e. The molecule has 2 atom stereocenters. The SMILES string of the molecule is Cc1ccc(N2C(=O)[C@@H]3[C@@H](C2=O)C2c4ccccc4C3(/C=N\NC(=O)Cc3ccc4c(c3)OCO4)c3ccccc32)cc1. The van der Waals surface area contributed by atoms with E-state index in [4.69, 9.17) is 9.47 Å². The third-order valence-electron chi connectivity index (χ3n) is 9.24. The molecular formula is C35H27N3O5. The summed E-state index contributed by atoms with van der Waals surface area (Å²) >= 11 is 0. The van der Waals surface area contributed by atoms with Crippen LogP contribution in [0, 0.1) is 18.8 Å². The van der Waals surface area contributed by atoms with E-state index in [1.807, 2.05) is 85.8 Å². The lowest BCUT2D eigenvalue weighted by molar-refractivity contribution is -0.123.